The van der Waals surface area contributed by atoms with Gasteiger partial charge in [0.25, 0.3) is 5.69 Å². The molecule has 1 aromatic heterocycles. The largest absolute Gasteiger partial charge is 0.420 e. The molecule has 3 rings (SSSR count). The highest BCUT2D eigenvalue weighted by Crippen LogP contribution is 2.44. The third-order valence-corrected chi connectivity index (χ3v) is 4.34. The molecule has 3 N–H and O–H groups in total. The Morgan fingerprint density at radius 1 is 1.56 bits per heavy atom. The number of halogens is 1. The number of fused-ring (bicyclic) bond motifs is 1. The molecule has 0 radical (unpaired) electrons. The number of nitriles is 1. The van der Waals surface area contributed by atoms with Crippen molar-refractivity contribution in [1.29, 1.82) is 5.26 Å². The molecular formula is C16H14ClN5O3. The van der Waals surface area contributed by atoms with Crippen LogP contribution in [-0.4, -0.2) is 15.1 Å². The number of benzene rings is 1. The predicted octanol–water partition coefficient (Wildman–Crippen LogP) is 3.14. The van der Waals surface area contributed by atoms with E-state index in [1.807, 2.05) is 6.92 Å². The molecule has 0 fully saturated rings. The van der Waals surface area contributed by atoms with Gasteiger partial charge in [-0.15, -0.1) is 5.10 Å². The lowest BCUT2D eigenvalue weighted by Crippen LogP contribution is -2.21. The van der Waals surface area contributed by atoms with E-state index in [0.717, 1.165) is 12.1 Å². The van der Waals surface area contributed by atoms with E-state index in [1.165, 1.54) is 12.1 Å². The van der Waals surface area contributed by atoms with Crippen molar-refractivity contribution in [2.45, 2.75) is 25.7 Å². The van der Waals surface area contributed by atoms with E-state index in [1.54, 1.807) is 6.07 Å². The molecule has 1 aliphatic heterocycles. The number of ether oxygens (including phenoxy) is 1. The van der Waals surface area contributed by atoms with Crippen LogP contribution in [0.25, 0.3) is 0 Å². The van der Waals surface area contributed by atoms with Crippen molar-refractivity contribution in [3.8, 4) is 11.9 Å². The van der Waals surface area contributed by atoms with Crippen molar-refractivity contribution in [1.82, 2.24) is 10.2 Å². The lowest BCUT2D eigenvalue weighted by molar-refractivity contribution is -0.384. The number of allylic oxidation sites excluding steroid dienone is 1. The maximum Gasteiger partial charge on any atom is 0.288 e. The van der Waals surface area contributed by atoms with Gasteiger partial charge in [-0.3, -0.25) is 15.2 Å². The number of nitrogens with two attached hydrogens (primary N) is 1. The fraction of sp³-hybridized carbons (Fsp3) is 0.250. The molecule has 2 aromatic rings. The average Bonchev–Trinajstić information content (AvgIpc) is 2.96. The SMILES string of the molecule is CCCc1[nH]nc2c1[C@H](c1ccc(Cl)c([N+](=O)[O-])c1)C(C#N)=C(N)O2. The monoisotopic (exact) mass is 359 g/mol. The summed E-state index contributed by atoms with van der Waals surface area (Å²) in [6, 6.07) is 6.49. The second kappa shape index (κ2) is 6.45. The molecule has 0 bridgehead atoms. The van der Waals surface area contributed by atoms with Gasteiger partial charge in [0.1, 0.15) is 16.7 Å². The van der Waals surface area contributed by atoms with Gasteiger partial charge < -0.3 is 10.5 Å². The van der Waals surface area contributed by atoms with Crippen molar-refractivity contribution in [2.24, 2.45) is 5.73 Å². The summed E-state index contributed by atoms with van der Waals surface area (Å²) in [5.74, 6) is -0.389. The third-order valence-electron chi connectivity index (χ3n) is 4.02. The summed E-state index contributed by atoms with van der Waals surface area (Å²) >= 11 is 5.90. The summed E-state index contributed by atoms with van der Waals surface area (Å²) in [6.45, 7) is 2.01. The third kappa shape index (κ3) is 2.79. The van der Waals surface area contributed by atoms with Gasteiger partial charge in [0.2, 0.25) is 11.8 Å². The average molecular weight is 360 g/mol. The van der Waals surface area contributed by atoms with E-state index < -0.39 is 10.8 Å². The molecule has 1 aromatic carbocycles. The minimum atomic E-state index is -0.606. The molecule has 0 spiro atoms. The molecule has 8 nitrogen and oxygen atoms in total. The highest BCUT2D eigenvalue weighted by atomic mass is 35.5. The number of nitro groups is 1. The Kier molecular flexibility index (Phi) is 4.33. The summed E-state index contributed by atoms with van der Waals surface area (Å²) in [5, 5.41) is 27.8. The van der Waals surface area contributed by atoms with Gasteiger partial charge in [0.15, 0.2) is 0 Å². The van der Waals surface area contributed by atoms with E-state index in [4.69, 9.17) is 22.1 Å². The van der Waals surface area contributed by atoms with E-state index in [2.05, 4.69) is 16.3 Å². The van der Waals surface area contributed by atoms with Crippen molar-refractivity contribution >= 4 is 17.3 Å². The predicted molar refractivity (Wildman–Crippen MR) is 90.0 cm³/mol. The molecule has 9 heteroatoms. The lowest BCUT2D eigenvalue weighted by Gasteiger charge is -2.24. The maximum absolute atomic E-state index is 11.2. The first-order valence-electron chi connectivity index (χ1n) is 7.56. The van der Waals surface area contributed by atoms with E-state index in [0.29, 0.717) is 17.5 Å². The zero-order valence-corrected chi connectivity index (χ0v) is 14.0. The molecule has 128 valence electrons. The highest BCUT2D eigenvalue weighted by Gasteiger charge is 2.35. The normalized spacial score (nSPS) is 16.1. The molecule has 1 aliphatic rings. The first kappa shape index (κ1) is 16.8. The van der Waals surface area contributed by atoms with Gasteiger partial charge in [-0.1, -0.05) is 31.0 Å². The summed E-state index contributed by atoms with van der Waals surface area (Å²) in [6.07, 6.45) is 1.54. The molecular weight excluding hydrogens is 346 g/mol. The zero-order chi connectivity index (χ0) is 18.1. The van der Waals surface area contributed by atoms with Crippen LogP contribution in [0.1, 0.15) is 36.1 Å². The summed E-state index contributed by atoms with van der Waals surface area (Å²) < 4.78 is 5.45. The van der Waals surface area contributed by atoms with Crippen LogP contribution < -0.4 is 10.5 Å². The fourth-order valence-corrected chi connectivity index (χ4v) is 3.12. The number of aryl methyl sites for hydroxylation is 1. The van der Waals surface area contributed by atoms with Crippen LogP contribution in [0.4, 0.5) is 5.69 Å². The number of nitro benzene ring substituents is 1. The molecule has 0 saturated heterocycles. The number of nitrogens with one attached hydrogen (secondary N) is 1. The van der Waals surface area contributed by atoms with E-state index in [9.17, 15) is 15.4 Å². The van der Waals surface area contributed by atoms with E-state index >= 15 is 0 Å². The molecule has 0 amide bonds. The summed E-state index contributed by atoms with van der Waals surface area (Å²) in [7, 11) is 0. The second-order valence-electron chi connectivity index (χ2n) is 5.56. The number of rotatable bonds is 4. The molecule has 2 heterocycles. The maximum atomic E-state index is 11.2. The van der Waals surface area contributed by atoms with Crippen LogP contribution in [0.2, 0.25) is 5.02 Å². The zero-order valence-electron chi connectivity index (χ0n) is 13.2. The molecule has 0 unspecified atom stereocenters. The smallest absolute Gasteiger partial charge is 0.288 e. The Hall–Kier alpha value is -3.05. The number of nitrogens with zero attached hydrogens (tertiary/aromatic N) is 3. The Labute approximate surface area is 148 Å². The van der Waals surface area contributed by atoms with Crippen LogP contribution in [-0.2, 0) is 6.42 Å². The Bertz CT molecular complexity index is 928. The topological polar surface area (TPSA) is 131 Å². The number of aromatic amines is 1. The van der Waals surface area contributed by atoms with Gasteiger partial charge >= 0.3 is 0 Å². The summed E-state index contributed by atoms with van der Waals surface area (Å²) in [5.41, 5.74) is 7.82. The molecule has 1 atom stereocenters. The van der Waals surface area contributed by atoms with Crippen molar-refractivity contribution in [3.05, 3.63) is 61.6 Å². The highest BCUT2D eigenvalue weighted by molar-refractivity contribution is 6.32. The molecule has 0 aliphatic carbocycles. The molecule has 25 heavy (non-hydrogen) atoms. The standard InChI is InChI=1S/C16H14ClN5O3/c1-2-3-11-14-13(8-4-5-10(17)12(6-8)22(23)24)9(7-18)15(19)25-16(14)21-20-11/h4-6,13H,2-3,19H2,1H3,(H,20,21)/t13-/m1/s1. The number of aromatic nitrogens is 2. The van der Waals surface area contributed by atoms with Crippen molar-refractivity contribution in [2.75, 3.05) is 0 Å². The van der Waals surface area contributed by atoms with Crippen LogP contribution in [0.15, 0.2) is 29.7 Å². The first-order valence-corrected chi connectivity index (χ1v) is 7.94. The van der Waals surface area contributed by atoms with Gasteiger partial charge in [0, 0.05) is 17.3 Å². The van der Waals surface area contributed by atoms with Crippen LogP contribution in [0.3, 0.4) is 0 Å². The van der Waals surface area contributed by atoms with Crippen LogP contribution in [0, 0.1) is 21.4 Å². The van der Waals surface area contributed by atoms with Gasteiger partial charge in [-0.25, -0.2) is 0 Å². The summed E-state index contributed by atoms with van der Waals surface area (Å²) in [4.78, 5) is 10.7. The Balaban J connectivity index is 2.23. The van der Waals surface area contributed by atoms with Crippen LogP contribution in [0.5, 0.6) is 5.88 Å². The first-order chi connectivity index (χ1) is 12.0. The minimum Gasteiger partial charge on any atom is -0.420 e. The lowest BCUT2D eigenvalue weighted by atomic mass is 9.83. The minimum absolute atomic E-state index is 0.0254. The van der Waals surface area contributed by atoms with Gasteiger partial charge in [-0.05, 0) is 18.1 Å². The number of hydrogen-bond donors (Lipinski definition) is 2. The van der Waals surface area contributed by atoms with E-state index in [-0.39, 0.29) is 28.0 Å². The Morgan fingerprint density at radius 3 is 2.96 bits per heavy atom. The Morgan fingerprint density at radius 2 is 2.32 bits per heavy atom. The molecule has 0 saturated carbocycles. The fourth-order valence-electron chi connectivity index (χ4n) is 2.93. The number of H-pyrrole nitrogens is 1. The van der Waals surface area contributed by atoms with Gasteiger partial charge in [-0.2, -0.15) is 5.26 Å². The van der Waals surface area contributed by atoms with Crippen LogP contribution >= 0.6 is 11.6 Å². The second-order valence-corrected chi connectivity index (χ2v) is 5.97. The quantitative estimate of drug-likeness (QED) is 0.636. The number of hydrogen-bond acceptors (Lipinski definition) is 6. The van der Waals surface area contributed by atoms with Crippen molar-refractivity contribution in [3.63, 3.8) is 0 Å². The van der Waals surface area contributed by atoms with Gasteiger partial charge in [0.05, 0.1) is 10.8 Å². The van der Waals surface area contributed by atoms with Crippen molar-refractivity contribution < 1.29 is 9.66 Å².